The van der Waals surface area contributed by atoms with E-state index in [1.807, 2.05) is 12.1 Å². The molecule has 0 unspecified atom stereocenters. The number of rotatable bonds is 5. The molecule has 0 amide bonds. The third kappa shape index (κ3) is 3.70. The van der Waals surface area contributed by atoms with Crippen molar-refractivity contribution in [1.29, 1.82) is 0 Å². The summed E-state index contributed by atoms with van der Waals surface area (Å²) >= 11 is 0. The van der Waals surface area contributed by atoms with Gasteiger partial charge in [0.1, 0.15) is 5.69 Å². The van der Waals surface area contributed by atoms with Crippen molar-refractivity contribution in [2.24, 2.45) is 10.9 Å². The highest BCUT2D eigenvalue weighted by Crippen LogP contribution is 2.23. The number of oxime groups is 1. The van der Waals surface area contributed by atoms with E-state index < -0.39 is 0 Å². The molecule has 0 aromatic carbocycles. The molecule has 1 fully saturated rings. The van der Waals surface area contributed by atoms with Crippen LogP contribution in [-0.2, 0) is 6.54 Å². The van der Waals surface area contributed by atoms with Crippen molar-refractivity contribution in [2.75, 3.05) is 6.54 Å². The van der Waals surface area contributed by atoms with Gasteiger partial charge in [-0.25, -0.2) is 0 Å². The minimum atomic E-state index is 0.0626. The topological polar surface area (TPSA) is 74.7 Å². The van der Waals surface area contributed by atoms with E-state index in [0.29, 0.717) is 11.7 Å². The van der Waals surface area contributed by atoms with Gasteiger partial charge < -0.3 is 10.9 Å². The molecule has 1 aromatic heterocycles. The van der Waals surface area contributed by atoms with Crippen LogP contribution in [0.4, 0.5) is 0 Å². The number of pyridine rings is 1. The van der Waals surface area contributed by atoms with Crippen LogP contribution in [0.25, 0.3) is 0 Å². The third-order valence-electron chi connectivity index (χ3n) is 4.08. The summed E-state index contributed by atoms with van der Waals surface area (Å²) in [5, 5.41) is 11.7. The molecule has 5 heteroatoms. The number of nitrogens with two attached hydrogens (primary N) is 1. The standard InChI is InChI=1S/C15H24N4O/c1-2-19(13-6-4-3-5-7-13)11-12-8-9-17-14(10-12)15(16)18-20/h8-10,13,20H,2-7,11H2,1H3,(H2,16,18). The van der Waals surface area contributed by atoms with Gasteiger partial charge in [0.15, 0.2) is 5.84 Å². The Kier molecular flexibility index (Phi) is 5.35. The van der Waals surface area contributed by atoms with Gasteiger partial charge in [-0.3, -0.25) is 9.88 Å². The van der Waals surface area contributed by atoms with Gasteiger partial charge in [-0.05, 0) is 37.1 Å². The quantitative estimate of drug-likeness (QED) is 0.374. The Bertz CT molecular complexity index is 455. The van der Waals surface area contributed by atoms with Gasteiger partial charge in [0, 0.05) is 18.8 Å². The van der Waals surface area contributed by atoms with E-state index in [-0.39, 0.29) is 5.84 Å². The predicted molar refractivity (Wildman–Crippen MR) is 79.7 cm³/mol. The fourth-order valence-corrected chi connectivity index (χ4v) is 2.94. The average Bonchev–Trinajstić information content (AvgIpc) is 2.53. The Hall–Kier alpha value is -1.62. The molecule has 1 aliphatic carbocycles. The van der Waals surface area contributed by atoms with Crippen molar-refractivity contribution < 1.29 is 5.21 Å². The van der Waals surface area contributed by atoms with Crippen LogP contribution in [0.3, 0.4) is 0 Å². The van der Waals surface area contributed by atoms with E-state index in [1.54, 1.807) is 6.20 Å². The molecule has 0 aliphatic heterocycles. The normalized spacial score (nSPS) is 17.6. The molecule has 2 rings (SSSR count). The molecule has 0 saturated heterocycles. The van der Waals surface area contributed by atoms with Crippen molar-refractivity contribution in [2.45, 2.75) is 51.6 Å². The summed E-state index contributed by atoms with van der Waals surface area (Å²) in [5.41, 5.74) is 7.29. The molecule has 1 aromatic rings. The molecule has 1 heterocycles. The molecule has 1 aliphatic rings. The summed E-state index contributed by atoms with van der Waals surface area (Å²) in [5.74, 6) is 0.0626. The van der Waals surface area contributed by atoms with Crippen molar-refractivity contribution in [3.8, 4) is 0 Å². The summed E-state index contributed by atoms with van der Waals surface area (Å²) in [6.45, 7) is 4.15. The van der Waals surface area contributed by atoms with E-state index in [2.05, 4.69) is 22.0 Å². The molecule has 0 bridgehead atoms. The van der Waals surface area contributed by atoms with Crippen molar-refractivity contribution in [1.82, 2.24) is 9.88 Å². The smallest absolute Gasteiger partial charge is 0.188 e. The molecule has 3 N–H and O–H groups in total. The van der Waals surface area contributed by atoms with Crippen LogP contribution in [0, 0.1) is 0 Å². The number of hydrogen-bond donors (Lipinski definition) is 2. The summed E-state index contributed by atoms with van der Waals surface area (Å²) < 4.78 is 0. The summed E-state index contributed by atoms with van der Waals surface area (Å²) in [6.07, 6.45) is 8.37. The Labute approximate surface area is 120 Å². The first-order valence-corrected chi connectivity index (χ1v) is 7.41. The summed E-state index contributed by atoms with van der Waals surface area (Å²) in [7, 11) is 0. The lowest BCUT2D eigenvalue weighted by molar-refractivity contribution is 0.156. The minimum Gasteiger partial charge on any atom is -0.409 e. The van der Waals surface area contributed by atoms with Gasteiger partial charge in [-0.1, -0.05) is 31.3 Å². The zero-order valence-corrected chi connectivity index (χ0v) is 12.1. The number of nitrogens with zero attached hydrogens (tertiary/aromatic N) is 3. The van der Waals surface area contributed by atoms with Gasteiger partial charge >= 0.3 is 0 Å². The maximum atomic E-state index is 8.72. The first-order chi connectivity index (χ1) is 9.74. The Morgan fingerprint density at radius 3 is 2.85 bits per heavy atom. The molecular formula is C15H24N4O. The van der Waals surface area contributed by atoms with Crippen molar-refractivity contribution in [3.63, 3.8) is 0 Å². The second kappa shape index (κ2) is 7.24. The zero-order valence-electron chi connectivity index (χ0n) is 12.1. The van der Waals surface area contributed by atoms with E-state index in [4.69, 9.17) is 10.9 Å². The number of aromatic nitrogens is 1. The molecule has 0 spiro atoms. The van der Waals surface area contributed by atoms with Crippen LogP contribution in [0.2, 0.25) is 0 Å². The number of amidine groups is 1. The lowest BCUT2D eigenvalue weighted by Crippen LogP contribution is -2.36. The lowest BCUT2D eigenvalue weighted by atomic mass is 9.94. The maximum absolute atomic E-state index is 8.72. The van der Waals surface area contributed by atoms with E-state index >= 15 is 0 Å². The molecule has 5 nitrogen and oxygen atoms in total. The van der Waals surface area contributed by atoms with E-state index in [1.165, 1.54) is 32.1 Å². The highest BCUT2D eigenvalue weighted by Gasteiger charge is 2.20. The van der Waals surface area contributed by atoms with E-state index in [0.717, 1.165) is 18.7 Å². The van der Waals surface area contributed by atoms with Crippen LogP contribution >= 0.6 is 0 Å². The summed E-state index contributed by atoms with van der Waals surface area (Å²) in [6, 6.07) is 4.59. The largest absolute Gasteiger partial charge is 0.409 e. The highest BCUT2D eigenvalue weighted by molar-refractivity contribution is 5.95. The van der Waals surface area contributed by atoms with Gasteiger partial charge in [0.25, 0.3) is 0 Å². The second-order valence-corrected chi connectivity index (χ2v) is 5.39. The van der Waals surface area contributed by atoms with E-state index in [9.17, 15) is 0 Å². The van der Waals surface area contributed by atoms with Crippen molar-refractivity contribution >= 4 is 5.84 Å². The monoisotopic (exact) mass is 276 g/mol. The predicted octanol–water partition coefficient (Wildman–Crippen LogP) is 2.33. The Morgan fingerprint density at radius 1 is 1.45 bits per heavy atom. The average molecular weight is 276 g/mol. The Morgan fingerprint density at radius 2 is 2.20 bits per heavy atom. The highest BCUT2D eigenvalue weighted by atomic mass is 16.4. The van der Waals surface area contributed by atoms with Crippen LogP contribution < -0.4 is 5.73 Å². The van der Waals surface area contributed by atoms with Crippen LogP contribution in [0.1, 0.15) is 50.3 Å². The molecule has 1 saturated carbocycles. The fourth-order valence-electron chi connectivity index (χ4n) is 2.94. The van der Waals surface area contributed by atoms with Crippen LogP contribution in [-0.4, -0.2) is 33.5 Å². The zero-order chi connectivity index (χ0) is 14.4. The minimum absolute atomic E-state index is 0.0626. The third-order valence-corrected chi connectivity index (χ3v) is 4.08. The molecule has 0 radical (unpaired) electrons. The van der Waals surface area contributed by atoms with Crippen molar-refractivity contribution in [3.05, 3.63) is 29.6 Å². The van der Waals surface area contributed by atoms with Gasteiger partial charge in [0.05, 0.1) is 0 Å². The van der Waals surface area contributed by atoms with Crippen LogP contribution in [0.15, 0.2) is 23.5 Å². The van der Waals surface area contributed by atoms with Gasteiger partial charge in [-0.15, -0.1) is 0 Å². The molecular weight excluding hydrogens is 252 g/mol. The SMILES string of the molecule is CCN(Cc1ccnc(C(N)=NO)c1)C1CCCCC1. The van der Waals surface area contributed by atoms with Crippen LogP contribution in [0.5, 0.6) is 0 Å². The second-order valence-electron chi connectivity index (χ2n) is 5.39. The number of hydrogen-bond acceptors (Lipinski definition) is 4. The Balaban J connectivity index is 2.07. The molecule has 110 valence electrons. The summed E-state index contributed by atoms with van der Waals surface area (Å²) in [4.78, 5) is 6.64. The molecule has 20 heavy (non-hydrogen) atoms. The van der Waals surface area contributed by atoms with Gasteiger partial charge in [-0.2, -0.15) is 0 Å². The first-order valence-electron chi connectivity index (χ1n) is 7.41. The fraction of sp³-hybridized carbons (Fsp3) is 0.600. The molecule has 0 atom stereocenters. The first kappa shape index (κ1) is 14.8. The maximum Gasteiger partial charge on any atom is 0.188 e. The van der Waals surface area contributed by atoms with Gasteiger partial charge in [0.2, 0.25) is 0 Å². The lowest BCUT2D eigenvalue weighted by Gasteiger charge is -2.33.